The molecule has 0 atom stereocenters. The highest BCUT2D eigenvalue weighted by atomic mass is 19.1. The fourth-order valence-corrected chi connectivity index (χ4v) is 1.75. The van der Waals surface area contributed by atoms with Gasteiger partial charge in [0, 0.05) is 24.2 Å². The lowest BCUT2D eigenvalue weighted by Gasteiger charge is -1.99. The fraction of sp³-hybridized carbons (Fsp3) is 0. The summed E-state index contributed by atoms with van der Waals surface area (Å²) in [6, 6.07) is 10.1. The molecule has 18 heavy (non-hydrogen) atoms. The van der Waals surface area contributed by atoms with E-state index in [1.54, 1.807) is 35.4 Å². The smallest absolute Gasteiger partial charge is 0.123 e. The van der Waals surface area contributed by atoms with E-state index in [-0.39, 0.29) is 5.82 Å². The van der Waals surface area contributed by atoms with Crippen molar-refractivity contribution in [2.45, 2.75) is 0 Å². The molecule has 2 aromatic heterocycles. The molecule has 4 heteroatoms. The highest BCUT2D eigenvalue weighted by molar-refractivity contribution is 5.62. The maximum atomic E-state index is 12.8. The number of nitrogens with zero attached hydrogens (tertiary/aromatic N) is 3. The third kappa shape index (κ3) is 2.00. The molecule has 0 bridgehead atoms. The zero-order valence-corrected chi connectivity index (χ0v) is 9.49. The van der Waals surface area contributed by atoms with Crippen LogP contribution in [0.4, 0.5) is 4.39 Å². The average Bonchev–Trinajstić information content (AvgIpc) is 2.90. The number of hydrogen-bond donors (Lipinski definition) is 0. The summed E-state index contributed by atoms with van der Waals surface area (Å²) in [5, 5.41) is 4.28. The summed E-state index contributed by atoms with van der Waals surface area (Å²) in [4.78, 5) is 3.96. The van der Waals surface area contributed by atoms with Crippen LogP contribution >= 0.6 is 0 Å². The van der Waals surface area contributed by atoms with Gasteiger partial charge in [-0.2, -0.15) is 5.10 Å². The van der Waals surface area contributed by atoms with Crippen molar-refractivity contribution in [2.24, 2.45) is 0 Å². The van der Waals surface area contributed by atoms with E-state index >= 15 is 0 Å². The summed E-state index contributed by atoms with van der Waals surface area (Å²) >= 11 is 0. The van der Waals surface area contributed by atoms with Crippen LogP contribution < -0.4 is 0 Å². The van der Waals surface area contributed by atoms with Crippen molar-refractivity contribution in [1.82, 2.24) is 14.8 Å². The van der Waals surface area contributed by atoms with Crippen LogP contribution in [0.25, 0.3) is 16.8 Å². The van der Waals surface area contributed by atoms with E-state index in [2.05, 4.69) is 10.1 Å². The fourth-order valence-electron chi connectivity index (χ4n) is 1.75. The molecule has 0 fully saturated rings. The lowest BCUT2D eigenvalue weighted by molar-refractivity contribution is 0.628. The molecule has 0 spiro atoms. The van der Waals surface area contributed by atoms with Crippen molar-refractivity contribution >= 4 is 0 Å². The van der Waals surface area contributed by atoms with Gasteiger partial charge in [0.15, 0.2) is 0 Å². The Morgan fingerprint density at radius 2 is 1.61 bits per heavy atom. The SMILES string of the molecule is Fc1ccc(-c2cnn(-c3ccncc3)c2)cc1. The molecule has 0 radical (unpaired) electrons. The van der Waals surface area contributed by atoms with Gasteiger partial charge in [0.25, 0.3) is 0 Å². The molecule has 0 saturated heterocycles. The summed E-state index contributed by atoms with van der Waals surface area (Å²) in [5.74, 6) is -0.236. The van der Waals surface area contributed by atoms with Gasteiger partial charge < -0.3 is 0 Å². The van der Waals surface area contributed by atoms with Crippen molar-refractivity contribution in [1.29, 1.82) is 0 Å². The van der Waals surface area contributed by atoms with Gasteiger partial charge in [0.05, 0.1) is 11.9 Å². The Balaban J connectivity index is 1.97. The Hall–Kier alpha value is -2.49. The van der Waals surface area contributed by atoms with Gasteiger partial charge in [0.2, 0.25) is 0 Å². The Morgan fingerprint density at radius 1 is 0.889 bits per heavy atom. The summed E-state index contributed by atoms with van der Waals surface area (Å²) in [6.07, 6.45) is 7.10. The van der Waals surface area contributed by atoms with E-state index in [4.69, 9.17) is 0 Å². The molecule has 3 aromatic rings. The molecule has 0 aliphatic rings. The maximum absolute atomic E-state index is 12.8. The molecule has 88 valence electrons. The number of aromatic nitrogens is 3. The standard InChI is InChI=1S/C14H10FN3/c15-13-3-1-11(2-4-13)12-9-17-18(10-12)14-5-7-16-8-6-14/h1-10H. The first-order valence-electron chi connectivity index (χ1n) is 5.54. The summed E-state index contributed by atoms with van der Waals surface area (Å²) in [7, 11) is 0. The van der Waals surface area contributed by atoms with E-state index in [9.17, 15) is 4.39 Å². The van der Waals surface area contributed by atoms with E-state index in [0.29, 0.717) is 0 Å². The first kappa shape index (κ1) is 10.7. The van der Waals surface area contributed by atoms with Crippen molar-refractivity contribution in [2.75, 3.05) is 0 Å². The minimum Gasteiger partial charge on any atom is -0.265 e. The lowest BCUT2D eigenvalue weighted by Crippen LogP contribution is -1.93. The number of rotatable bonds is 2. The topological polar surface area (TPSA) is 30.7 Å². The number of benzene rings is 1. The van der Waals surface area contributed by atoms with Crippen molar-refractivity contribution < 1.29 is 4.39 Å². The first-order chi connectivity index (χ1) is 8.83. The van der Waals surface area contributed by atoms with Gasteiger partial charge in [-0.3, -0.25) is 4.98 Å². The van der Waals surface area contributed by atoms with Crippen LogP contribution in [0.2, 0.25) is 0 Å². The minimum atomic E-state index is -0.236. The van der Waals surface area contributed by atoms with Gasteiger partial charge in [-0.15, -0.1) is 0 Å². The molecule has 0 unspecified atom stereocenters. The summed E-state index contributed by atoms with van der Waals surface area (Å²) in [5.41, 5.74) is 2.84. The highest BCUT2D eigenvalue weighted by Crippen LogP contribution is 2.20. The normalized spacial score (nSPS) is 10.5. The predicted octanol–water partition coefficient (Wildman–Crippen LogP) is 3.07. The molecule has 1 aromatic carbocycles. The third-order valence-corrected chi connectivity index (χ3v) is 2.69. The molecular formula is C14H10FN3. The molecular weight excluding hydrogens is 229 g/mol. The van der Waals surface area contributed by atoms with Gasteiger partial charge in [-0.1, -0.05) is 12.1 Å². The quantitative estimate of drug-likeness (QED) is 0.688. The van der Waals surface area contributed by atoms with Crippen LogP contribution in [0.3, 0.4) is 0 Å². The predicted molar refractivity (Wildman–Crippen MR) is 66.8 cm³/mol. The van der Waals surface area contributed by atoms with Crippen LogP contribution in [0.5, 0.6) is 0 Å². The number of pyridine rings is 1. The minimum absolute atomic E-state index is 0.236. The molecule has 3 rings (SSSR count). The van der Waals surface area contributed by atoms with Gasteiger partial charge >= 0.3 is 0 Å². The molecule has 0 aliphatic carbocycles. The third-order valence-electron chi connectivity index (χ3n) is 2.69. The largest absolute Gasteiger partial charge is 0.265 e. The van der Waals surface area contributed by atoms with Crippen LogP contribution in [-0.4, -0.2) is 14.8 Å². The average molecular weight is 239 g/mol. The van der Waals surface area contributed by atoms with Crippen LogP contribution in [0, 0.1) is 5.82 Å². The second-order valence-electron chi connectivity index (χ2n) is 3.89. The Labute approximate surface area is 104 Å². The van der Waals surface area contributed by atoms with Gasteiger partial charge in [-0.25, -0.2) is 9.07 Å². The molecule has 0 N–H and O–H groups in total. The molecule has 2 heterocycles. The Bertz CT molecular complexity index is 644. The van der Waals surface area contributed by atoms with E-state index in [0.717, 1.165) is 16.8 Å². The van der Waals surface area contributed by atoms with Crippen LogP contribution in [0.1, 0.15) is 0 Å². The summed E-state index contributed by atoms with van der Waals surface area (Å²) in [6.45, 7) is 0. The van der Waals surface area contributed by atoms with E-state index in [1.807, 2.05) is 18.3 Å². The van der Waals surface area contributed by atoms with Crippen LogP contribution in [-0.2, 0) is 0 Å². The molecule has 0 amide bonds. The van der Waals surface area contributed by atoms with E-state index < -0.39 is 0 Å². The Morgan fingerprint density at radius 3 is 2.33 bits per heavy atom. The van der Waals surface area contributed by atoms with Gasteiger partial charge in [0.1, 0.15) is 5.82 Å². The lowest BCUT2D eigenvalue weighted by atomic mass is 10.1. The second kappa shape index (κ2) is 4.41. The van der Waals surface area contributed by atoms with E-state index in [1.165, 1.54) is 12.1 Å². The maximum Gasteiger partial charge on any atom is 0.123 e. The molecule has 0 saturated carbocycles. The zero-order valence-electron chi connectivity index (χ0n) is 9.49. The second-order valence-corrected chi connectivity index (χ2v) is 3.89. The molecule has 0 aliphatic heterocycles. The summed E-state index contributed by atoms with van der Waals surface area (Å²) < 4.78 is 14.6. The zero-order chi connectivity index (χ0) is 12.4. The Kier molecular flexibility index (Phi) is 2.61. The van der Waals surface area contributed by atoms with Crippen molar-refractivity contribution in [3.63, 3.8) is 0 Å². The number of hydrogen-bond acceptors (Lipinski definition) is 2. The first-order valence-corrected chi connectivity index (χ1v) is 5.54. The number of halogens is 1. The van der Waals surface area contributed by atoms with Gasteiger partial charge in [-0.05, 0) is 29.8 Å². The monoisotopic (exact) mass is 239 g/mol. The van der Waals surface area contributed by atoms with Crippen molar-refractivity contribution in [3.05, 3.63) is 67.0 Å². The van der Waals surface area contributed by atoms with Crippen LogP contribution in [0.15, 0.2) is 61.2 Å². The van der Waals surface area contributed by atoms with Crippen molar-refractivity contribution in [3.8, 4) is 16.8 Å². The molecule has 3 nitrogen and oxygen atoms in total. The highest BCUT2D eigenvalue weighted by Gasteiger charge is 2.03.